The molecular formula is C14H22N2. The van der Waals surface area contributed by atoms with Crippen LogP contribution < -0.4 is 10.6 Å². The Bertz CT molecular complexity index is 339. The lowest BCUT2D eigenvalue weighted by Gasteiger charge is -2.19. The van der Waals surface area contributed by atoms with E-state index in [4.69, 9.17) is 0 Å². The Hall–Kier alpha value is -1.02. The van der Waals surface area contributed by atoms with Gasteiger partial charge in [0.2, 0.25) is 0 Å². The first kappa shape index (κ1) is 11.5. The van der Waals surface area contributed by atoms with Crippen molar-refractivity contribution in [3.63, 3.8) is 0 Å². The smallest absolute Gasteiger partial charge is 0.0374 e. The maximum atomic E-state index is 3.69. The van der Waals surface area contributed by atoms with Crippen molar-refractivity contribution >= 4 is 5.69 Å². The van der Waals surface area contributed by atoms with E-state index in [0.29, 0.717) is 6.04 Å². The van der Waals surface area contributed by atoms with Crippen LogP contribution in [0.25, 0.3) is 0 Å². The van der Waals surface area contributed by atoms with Gasteiger partial charge in [-0.25, -0.2) is 0 Å². The van der Waals surface area contributed by atoms with Gasteiger partial charge in [0.05, 0.1) is 0 Å². The molecule has 0 radical (unpaired) electrons. The molecule has 0 bridgehead atoms. The minimum Gasteiger partial charge on any atom is -0.382 e. The molecule has 2 rings (SSSR count). The second-order valence-electron chi connectivity index (χ2n) is 4.77. The molecule has 2 N–H and O–H groups in total. The summed E-state index contributed by atoms with van der Waals surface area (Å²) in [5, 5.41) is 7.14. The number of hydrogen-bond donors (Lipinski definition) is 2. The lowest BCUT2D eigenvalue weighted by Crippen LogP contribution is -2.22. The van der Waals surface area contributed by atoms with Crippen molar-refractivity contribution in [2.45, 2.75) is 39.2 Å². The summed E-state index contributed by atoms with van der Waals surface area (Å²) in [5.74, 6) is 0. The molecule has 1 aliphatic heterocycles. The number of rotatable bonds is 2. The highest BCUT2D eigenvalue weighted by atomic mass is 14.9. The quantitative estimate of drug-likeness (QED) is 0.797. The van der Waals surface area contributed by atoms with Crippen LogP contribution >= 0.6 is 0 Å². The molecule has 0 aromatic heterocycles. The minimum absolute atomic E-state index is 0.635. The maximum Gasteiger partial charge on any atom is 0.0374 e. The lowest BCUT2D eigenvalue weighted by molar-refractivity contribution is 0.637. The number of benzene rings is 1. The lowest BCUT2D eigenvalue weighted by atomic mass is 10.1. The molecule has 88 valence electrons. The van der Waals surface area contributed by atoms with Crippen molar-refractivity contribution in [2.75, 3.05) is 18.4 Å². The molecule has 0 saturated carbocycles. The van der Waals surface area contributed by atoms with Gasteiger partial charge in [0.1, 0.15) is 0 Å². The molecule has 1 aliphatic rings. The van der Waals surface area contributed by atoms with E-state index in [2.05, 4.69) is 42.7 Å². The van der Waals surface area contributed by atoms with Gasteiger partial charge in [-0.2, -0.15) is 0 Å². The van der Waals surface area contributed by atoms with Crippen LogP contribution in [0.5, 0.6) is 0 Å². The van der Waals surface area contributed by atoms with E-state index in [9.17, 15) is 0 Å². The van der Waals surface area contributed by atoms with Crippen molar-refractivity contribution in [3.8, 4) is 0 Å². The van der Waals surface area contributed by atoms with Crippen LogP contribution in [0.15, 0.2) is 18.2 Å². The molecule has 0 amide bonds. The molecule has 2 heteroatoms. The molecule has 1 aromatic rings. The van der Waals surface area contributed by atoms with Gasteiger partial charge >= 0.3 is 0 Å². The maximum absolute atomic E-state index is 3.69. The van der Waals surface area contributed by atoms with Crippen LogP contribution in [0.3, 0.4) is 0 Å². The van der Waals surface area contributed by atoms with Gasteiger partial charge in [0.25, 0.3) is 0 Å². The molecule has 1 heterocycles. The van der Waals surface area contributed by atoms with Gasteiger partial charge in [-0.15, -0.1) is 0 Å². The summed E-state index contributed by atoms with van der Waals surface area (Å²) in [6.07, 6.45) is 3.79. The number of hydrogen-bond acceptors (Lipinski definition) is 2. The molecule has 1 aromatic carbocycles. The van der Waals surface area contributed by atoms with Crippen LogP contribution in [0, 0.1) is 13.8 Å². The fourth-order valence-corrected chi connectivity index (χ4v) is 2.29. The summed E-state index contributed by atoms with van der Waals surface area (Å²) in [6, 6.07) is 7.14. The van der Waals surface area contributed by atoms with Crippen molar-refractivity contribution in [3.05, 3.63) is 29.3 Å². The summed E-state index contributed by atoms with van der Waals surface area (Å²) in [7, 11) is 0. The predicted molar refractivity (Wildman–Crippen MR) is 70.0 cm³/mol. The number of anilines is 1. The normalized spacial score (nSPS) is 21.5. The topological polar surface area (TPSA) is 24.1 Å². The van der Waals surface area contributed by atoms with E-state index in [1.807, 2.05) is 0 Å². The van der Waals surface area contributed by atoms with Crippen LogP contribution in [0.2, 0.25) is 0 Å². The standard InChI is InChI=1S/C14H22N2/c1-11-5-3-7-14(12(11)2)16-13-6-4-9-15-10-8-13/h3,5,7,13,15-16H,4,6,8-10H2,1-2H3. The highest BCUT2D eigenvalue weighted by molar-refractivity contribution is 5.54. The van der Waals surface area contributed by atoms with E-state index in [1.54, 1.807) is 0 Å². The summed E-state index contributed by atoms with van der Waals surface area (Å²) < 4.78 is 0. The fraction of sp³-hybridized carbons (Fsp3) is 0.571. The Kier molecular flexibility index (Phi) is 3.83. The third-order valence-corrected chi connectivity index (χ3v) is 3.54. The molecular weight excluding hydrogens is 196 g/mol. The zero-order valence-electron chi connectivity index (χ0n) is 10.3. The second-order valence-corrected chi connectivity index (χ2v) is 4.77. The second kappa shape index (κ2) is 5.35. The van der Waals surface area contributed by atoms with Gasteiger partial charge in [0.15, 0.2) is 0 Å². The van der Waals surface area contributed by atoms with Crippen molar-refractivity contribution in [1.29, 1.82) is 0 Å². The van der Waals surface area contributed by atoms with Crippen molar-refractivity contribution in [2.24, 2.45) is 0 Å². The molecule has 16 heavy (non-hydrogen) atoms. The fourth-order valence-electron chi connectivity index (χ4n) is 2.29. The first-order chi connectivity index (χ1) is 7.77. The van der Waals surface area contributed by atoms with Gasteiger partial charge < -0.3 is 10.6 Å². The Morgan fingerprint density at radius 1 is 1.19 bits per heavy atom. The Balaban J connectivity index is 2.04. The third-order valence-electron chi connectivity index (χ3n) is 3.54. The Labute approximate surface area is 98.4 Å². The summed E-state index contributed by atoms with van der Waals surface area (Å²) in [5.41, 5.74) is 4.07. The Morgan fingerprint density at radius 3 is 2.94 bits per heavy atom. The van der Waals surface area contributed by atoms with Crippen molar-refractivity contribution < 1.29 is 0 Å². The molecule has 1 fully saturated rings. The molecule has 1 saturated heterocycles. The number of nitrogens with one attached hydrogen (secondary N) is 2. The zero-order valence-corrected chi connectivity index (χ0v) is 10.3. The highest BCUT2D eigenvalue weighted by Crippen LogP contribution is 2.21. The SMILES string of the molecule is Cc1cccc(NC2CCCNCC2)c1C. The van der Waals surface area contributed by atoms with Crippen LogP contribution in [-0.4, -0.2) is 19.1 Å². The summed E-state index contributed by atoms with van der Waals surface area (Å²) >= 11 is 0. The minimum atomic E-state index is 0.635. The first-order valence-corrected chi connectivity index (χ1v) is 6.31. The molecule has 1 unspecified atom stereocenters. The average Bonchev–Trinajstić information content (AvgIpc) is 2.53. The summed E-state index contributed by atoms with van der Waals surface area (Å²) in [4.78, 5) is 0. The largest absolute Gasteiger partial charge is 0.382 e. The van der Waals surface area contributed by atoms with E-state index in [-0.39, 0.29) is 0 Å². The highest BCUT2D eigenvalue weighted by Gasteiger charge is 2.12. The van der Waals surface area contributed by atoms with Crippen LogP contribution in [-0.2, 0) is 0 Å². The van der Waals surface area contributed by atoms with E-state index < -0.39 is 0 Å². The molecule has 0 spiro atoms. The van der Waals surface area contributed by atoms with E-state index in [0.717, 1.165) is 6.54 Å². The number of aryl methyl sites for hydroxylation is 1. The van der Waals surface area contributed by atoms with E-state index in [1.165, 1.54) is 42.6 Å². The molecule has 2 nitrogen and oxygen atoms in total. The van der Waals surface area contributed by atoms with Gasteiger partial charge in [-0.3, -0.25) is 0 Å². The van der Waals surface area contributed by atoms with Gasteiger partial charge in [-0.05, 0) is 63.4 Å². The van der Waals surface area contributed by atoms with E-state index >= 15 is 0 Å². The van der Waals surface area contributed by atoms with Crippen molar-refractivity contribution in [1.82, 2.24) is 5.32 Å². The van der Waals surface area contributed by atoms with Gasteiger partial charge in [0, 0.05) is 11.7 Å². The Morgan fingerprint density at radius 2 is 2.06 bits per heavy atom. The average molecular weight is 218 g/mol. The van der Waals surface area contributed by atoms with Gasteiger partial charge in [-0.1, -0.05) is 12.1 Å². The van der Waals surface area contributed by atoms with Crippen LogP contribution in [0.1, 0.15) is 30.4 Å². The third kappa shape index (κ3) is 2.76. The summed E-state index contributed by atoms with van der Waals surface area (Å²) in [6.45, 7) is 6.69. The predicted octanol–water partition coefficient (Wildman–Crippen LogP) is 2.86. The first-order valence-electron chi connectivity index (χ1n) is 6.31. The zero-order chi connectivity index (χ0) is 11.4. The van der Waals surface area contributed by atoms with Crippen LogP contribution in [0.4, 0.5) is 5.69 Å². The molecule has 0 aliphatic carbocycles. The monoisotopic (exact) mass is 218 g/mol. The molecule has 1 atom stereocenters.